The number of carbonyl (C=O) groups excluding carboxylic acids is 2. The first-order valence-corrected chi connectivity index (χ1v) is 3.44. The van der Waals surface area contributed by atoms with Gasteiger partial charge in [0.15, 0.2) is 0 Å². The summed E-state index contributed by atoms with van der Waals surface area (Å²) in [5.74, 6) is -0.285. The Kier molecular flexibility index (Phi) is 5.37. The van der Waals surface area contributed by atoms with Gasteiger partial charge < -0.3 is 14.8 Å². The Morgan fingerprint density at radius 1 is 1.73 bits per heavy atom. The van der Waals surface area contributed by atoms with Gasteiger partial charge in [0.25, 0.3) is 0 Å². The summed E-state index contributed by atoms with van der Waals surface area (Å²) in [6.45, 7) is 0. The fraction of sp³-hybridized carbons (Fsp3) is 0.714. The number of esters is 1. The van der Waals surface area contributed by atoms with Gasteiger partial charge in [-0.15, -0.1) is 0 Å². The summed E-state index contributed by atoms with van der Waals surface area (Å²) < 4.78 is 4.41. The smallest absolute Gasteiger partial charge is 0.305 e. The minimum Gasteiger partial charge on any atom is -0.469 e. The van der Waals surface area contributed by atoms with Crippen LogP contribution in [0.2, 0.25) is 0 Å². The van der Waals surface area contributed by atoms with Crippen molar-refractivity contribution in [3.8, 4) is 0 Å². The van der Waals surface area contributed by atoms with Crippen LogP contribution in [0.1, 0.15) is 12.8 Å². The predicted octanol–water partition coefficient (Wildman–Crippen LogP) is -0.274. The lowest BCUT2D eigenvalue weighted by Crippen LogP contribution is -2.27. The maximum atomic E-state index is 10.6. The van der Waals surface area contributed by atoms with Gasteiger partial charge in [-0.25, -0.2) is 0 Å². The first-order valence-electron chi connectivity index (χ1n) is 3.44. The molecule has 1 unspecified atom stereocenters. The van der Waals surface area contributed by atoms with Crippen LogP contribution < -0.4 is 5.32 Å². The van der Waals surface area contributed by atoms with Crippen LogP contribution in [0.3, 0.4) is 0 Å². The zero-order valence-corrected chi connectivity index (χ0v) is 6.79. The molecule has 0 aliphatic rings. The summed E-state index contributed by atoms with van der Waals surface area (Å²) in [5, 5.41) is 2.76. The molecule has 0 spiro atoms. The maximum absolute atomic E-state index is 10.6. The summed E-state index contributed by atoms with van der Waals surface area (Å²) in [6, 6.07) is -0.242. The van der Waals surface area contributed by atoms with Gasteiger partial charge in [-0.05, 0) is 13.5 Å². The van der Waals surface area contributed by atoms with Gasteiger partial charge in [0.2, 0.25) is 0 Å². The highest BCUT2D eigenvalue weighted by Gasteiger charge is 2.07. The molecule has 0 bridgehead atoms. The van der Waals surface area contributed by atoms with Gasteiger partial charge >= 0.3 is 5.97 Å². The Morgan fingerprint density at radius 3 is 2.73 bits per heavy atom. The normalized spacial score (nSPS) is 12.2. The van der Waals surface area contributed by atoms with Crippen molar-refractivity contribution in [1.82, 2.24) is 5.32 Å². The molecule has 0 amide bonds. The Balaban J connectivity index is 3.50. The third-order valence-electron chi connectivity index (χ3n) is 1.42. The molecule has 11 heavy (non-hydrogen) atoms. The number of aldehydes is 1. The second-order valence-corrected chi connectivity index (χ2v) is 2.15. The Labute approximate surface area is 65.9 Å². The molecule has 0 aliphatic heterocycles. The molecule has 0 aliphatic carbocycles. The highest BCUT2D eigenvalue weighted by Crippen LogP contribution is 1.95. The van der Waals surface area contributed by atoms with Gasteiger partial charge in [-0.1, -0.05) is 0 Å². The highest BCUT2D eigenvalue weighted by molar-refractivity contribution is 5.70. The molecule has 0 aromatic carbocycles. The van der Waals surface area contributed by atoms with E-state index in [9.17, 15) is 9.59 Å². The van der Waals surface area contributed by atoms with Crippen molar-refractivity contribution in [1.29, 1.82) is 0 Å². The van der Waals surface area contributed by atoms with Crippen LogP contribution in [-0.2, 0) is 14.3 Å². The molecule has 0 rings (SSSR count). The molecule has 0 radical (unpaired) electrons. The van der Waals surface area contributed by atoms with Crippen LogP contribution in [0.25, 0.3) is 0 Å². The monoisotopic (exact) mass is 159 g/mol. The predicted molar refractivity (Wildman–Crippen MR) is 40.2 cm³/mol. The van der Waals surface area contributed by atoms with Gasteiger partial charge in [0, 0.05) is 6.42 Å². The fourth-order valence-corrected chi connectivity index (χ4v) is 0.656. The van der Waals surface area contributed by atoms with E-state index >= 15 is 0 Å². The van der Waals surface area contributed by atoms with E-state index in [1.165, 1.54) is 7.11 Å². The molecular formula is C7H13NO3. The van der Waals surface area contributed by atoms with Crippen molar-refractivity contribution in [2.24, 2.45) is 0 Å². The average Bonchev–Trinajstić information content (AvgIpc) is 2.06. The van der Waals surface area contributed by atoms with Gasteiger partial charge in [0.05, 0.1) is 13.2 Å². The largest absolute Gasteiger partial charge is 0.469 e. The quantitative estimate of drug-likeness (QED) is 0.443. The zero-order valence-electron chi connectivity index (χ0n) is 6.79. The number of methoxy groups -OCH3 is 1. The molecule has 64 valence electrons. The fourth-order valence-electron chi connectivity index (χ4n) is 0.656. The number of ether oxygens (including phenoxy) is 1. The minimum absolute atomic E-state index is 0.242. The van der Waals surface area contributed by atoms with Crippen LogP contribution in [0, 0.1) is 0 Å². The number of hydrogen-bond acceptors (Lipinski definition) is 4. The van der Waals surface area contributed by atoms with Crippen molar-refractivity contribution in [2.45, 2.75) is 18.9 Å². The van der Waals surface area contributed by atoms with E-state index in [1.807, 2.05) is 0 Å². The van der Waals surface area contributed by atoms with Gasteiger partial charge in [-0.3, -0.25) is 4.79 Å². The molecule has 1 N–H and O–H groups in total. The lowest BCUT2D eigenvalue weighted by molar-refractivity contribution is -0.140. The van der Waals surface area contributed by atoms with E-state index in [2.05, 4.69) is 10.1 Å². The molecule has 4 heteroatoms. The standard InChI is InChI=1S/C7H13NO3/c1-8-6(5-9)3-4-7(10)11-2/h5-6,8H,3-4H2,1-2H3. The summed E-state index contributed by atoms with van der Waals surface area (Å²) >= 11 is 0. The number of carbonyl (C=O) groups is 2. The van der Waals surface area contributed by atoms with E-state index in [-0.39, 0.29) is 18.4 Å². The first kappa shape index (κ1) is 10.1. The molecule has 0 saturated carbocycles. The summed E-state index contributed by atoms with van der Waals surface area (Å²) in [4.78, 5) is 20.8. The molecule has 0 heterocycles. The lowest BCUT2D eigenvalue weighted by atomic mass is 10.2. The van der Waals surface area contributed by atoms with E-state index in [4.69, 9.17) is 0 Å². The van der Waals surface area contributed by atoms with Crippen molar-refractivity contribution in [2.75, 3.05) is 14.2 Å². The number of hydrogen-bond donors (Lipinski definition) is 1. The van der Waals surface area contributed by atoms with Crippen LogP contribution in [0.15, 0.2) is 0 Å². The second kappa shape index (κ2) is 5.85. The van der Waals surface area contributed by atoms with E-state index in [1.54, 1.807) is 7.05 Å². The lowest BCUT2D eigenvalue weighted by Gasteiger charge is -2.06. The highest BCUT2D eigenvalue weighted by atomic mass is 16.5. The van der Waals surface area contributed by atoms with E-state index in [0.717, 1.165) is 6.29 Å². The Hall–Kier alpha value is -0.900. The first-order chi connectivity index (χ1) is 5.24. The number of nitrogens with one attached hydrogen (secondary N) is 1. The number of rotatable bonds is 5. The van der Waals surface area contributed by atoms with Crippen molar-refractivity contribution in [3.05, 3.63) is 0 Å². The number of likely N-dealkylation sites (N-methyl/N-ethyl adjacent to an activating group) is 1. The van der Waals surface area contributed by atoms with Crippen molar-refractivity contribution < 1.29 is 14.3 Å². The molecule has 0 aromatic rings. The minimum atomic E-state index is -0.285. The zero-order chi connectivity index (χ0) is 8.69. The van der Waals surface area contributed by atoms with Crippen LogP contribution in [-0.4, -0.2) is 32.5 Å². The topological polar surface area (TPSA) is 55.4 Å². The van der Waals surface area contributed by atoms with E-state index in [0.29, 0.717) is 6.42 Å². The summed E-state index contributed by atoms with van der Waals surface area (Å²) in [5.41, 5.74) is 0. The SMILES string of the molecule is CNC(C=O)CCC(=O)OC. The summed E-state index contributed by atoms with van der Waals surface area (Å²) in [7, 11) is 3.01. The van der Waals surface area contributed by atoms with Crippen LogP contribution in [0.4, 0.5) is 0 Å². The molecular weight excluding hydrogens is 146 g/mol. The Bertz CT molecular complexity index is 136. The van der Waals surface area contributed by atoms with E-state index < -0.39 is 0 Å². The molecule has 1 atom stereocenters. The van der Waals surface area contributed by atoms with Crippen LogP contribution >= 0.6 is 0 Å². The third-order valence-corrected chi connectivity index (χ3v) is 1.42. The summed E-state index contributed by atoms with van der Waals surface area (Å²) in [6.07, 6.45) is 1.55. The maximum Gasteiger partial charge on any atom is 0.305 e. The molecule has 0 aromatic heterocycles. The van der Waals surface area contributed by atoms with Crippen LogP contribution in [0.5, 0.6) is 0 Å². The van der Waals surface area contributed by atoms with Gasteiger partial charge in [0.1, 0.15) is 6.29 Å². The Morgan fingerprint density at radius 2 is 2.36 bits per heavy atom. The van der Waals surface area contributed by atoms with Crippen molar-refractivity contribution in [3.63, 3.8) is 0 Å². The molecule has 0 fully saturated rings. The van der Waals surface area contributed by atoms with Gasteiger partial charge in [-0.2, -0.15) is 0 Å². The molecule has 4 nitrogen and oxygen atoms in total. The van der Waals surface area contributed by atoms with Crippen molar-refractivity contribution >= 4 is 12.3 Å². The third kappa shape index (κ3) is 4.50. The second-order valence-electron chi connectivity index (χ2n) is 2.15. The average molecular weight is 159 g/mol. The molecule has 0 saturated heterocycles.